The summed E-state index contributed by atoms with van der Waals surface area (Å²) in [7, 11) is 0. The van der Waals surface area contributed by atoms with Crippen LogP contribution in [0.25, 0.3) is 0 Å². The van der Waals surface area contributed by atoms with Gasteiger partial charge in [0.15, 0.2) is 0 Å². The lowest BCUT2D eigenvalue weighted by Crippen LogP contribution is -2.18. The lowest BCUT2D eigenvalue weighted by atomic mass is 9.89. The number of hydrogen-bond acceptors (Lipinski definition) is 2. The molecule has 0 aromatic carbocycles. The van der Waals surface area contributed by atoms with Crippen LogP contribution in [0.15, 0.2) is 34.9 Å². The van der Waals surface area contributed by atoms with Gasteiger partial charge in [-0.3, -0.25) is 0 Å². The molecule has 0 unspecified atom stereocenters. The van der Waals surface area contributed by atoms with Gasteiger partial charge in [-0.25, -0.2) is 0 Å². The van der Waals surface area contributed by atoms with Crippen LogP contribution in [0.3, 0.4) is 0 Å². The highest BCUT2D eigenvalue weighted by Crippen LogP contribution is 2.44. The van der Waals surface area contributed by atoms with Crippen molar-refractivity contribution in [2.45, 2.75) is 84.5 Å². The van der Waals surface area contributed by atoms with Crippen molar-refractivity contribution in [1.82, 2.24) is 0 Å². The number of epoxide rings is 1. The molecule has 0 bridgehead atoms. The van der Waals surface area contributed by atoms with Crippen molar-refractivity contribution in [2.24, 2.45) is 5.92 Å². The van der Waals surface area contributed by atoms with Gasteiger partial charge in [0, 0.05) is 6.42 Å². The van der Waals surface area contributed by atoms with Crippen molar-refractivity contribution in [3.63, 3.8) is 0 Å². The summed E-state index contributed by atoms with van der Waals surface area (Å²) in [6, 6.07) is 0. The summed E-state index contributed by atoms with van der Waals surface area (Å²) in [5.41, 5.74) is 3.94. The first kappa shape index (κ1) is 17.5. The van der Waals surface area contributed by atoms with Gasteiger partial charge >= 0.3 is 0 Å². The summed E-state index contributed by atoms with van der Waals surface area (Å²) in [6.07, 6.45) is 11.5. The summed E-state index contributed by atoms with van der Waals surface area (Å²) < 4.78 is 5.92. The standard InChI is InChI=1S/C20H32O2/c1-14(2)17-10-9-15(3)7-6-8-16(4)18(21)13-19-20(5,22-19)12-11-17/h8-10,14,18-19,21H,6-7,11-13H2,1-5H3/b15-9+,16-8+,17-10+/t18-,19-,20-/m0/s1. The zero-order valence-corrected chi connectivity index (χ0v) is 14.9. The van der Waals surface area contributed by atoms with Crippen molar-refractivity contribution >= 4 is 0 Å². The van der Waals surface area contributed by atoms with Crippen LogP contribution in [0.1, 0.15) is 66.7 Å². The maximum atomic E-state index is 10.3. The van der Waals surface area contributed by atoms with Crippen molar-refractivity contribution in [2.75, 3.05) is 0 Å². The molecule has 1 aliphatic carbocycles. The number of allylic oxidation sites excluding steroid dienone is 5. The van der Waals surface area contributed by atoms with Crippen molar-refractivity contribution in [1.29, 1.82) is 0 Å². The fourth-order valence-electron chi connectivity index (χ4n) is 3.15. The summed E-state index contributed by atoms with van der Waals surface area (Å²) in [5, 5.41) is 10.3. The lowest BCUT2D eigenvalue weighted by Gasteiger charge is -2.15. The third kappa shape index (κ3) is 4.57. The Kier molecular flexibility index (Phi) is 5.68. The van der Waals surface area contributed by atoms with E-state index >= 15 is 0 Å². The number of hydrogen-bond donors (Lipinski definition) is 1. The van der Waals surface area contributed by atoms with E-state index in [9.17, 15) is 5.11 Å². The Bertz CT molecular complexity index is 484. The molecule has 2 heteroatoms. The smallest absolute Gasteiger partial charge is 0.0924 e. The summed E-state index contributed by atoms with van der Waals surface area (Å²) in [5.74, 6) is 0.575. The normalized spacial score (nSPS) is 41.3. The van der Waals surface area contributed by atoms with Gasteiger partial charge in [0.25, 0.3) is 0 Å². The number of aliphatic hydroxyl groups excluding tert-OH is 1. The summed E-state index contributed by atoms with van der Waals surface area (Å²) >= 11 is 0. The van der Waals surface area contributed by atoms with Gasteiger partial charge in [0.2, 0.25) is 0 Å². The van der Waals surface area contributed by atoms with E-state index in [1.807, 2.05) is 6.92 Å². The topological polar surface area (TPSA) is 32.8 Å². The van der Waals surface area contributed by atoms with E-state index in [0.29, 0.717) is 5.92 Å². The highest BCUT2D eigenvalue weighted by Gasteiger charge is 2.52. The Balaban J connectivity index is 2.17. The second-order valence-corrected chi connectivity index (χ2v) is 7.57. The second kappa shape index (κ2) is 7.14. The van der Waals surface area contributed by atoms with Gasteiger partial charge in [-0.1, -0.05) is 43.2 Å². The Morgan fingerprint density at radius 3 is 2.64 bits per heavy atom. The van der Waals surface area contributed by atoms with Crippen LogP contribution < -0.4 is 0 Å². The fourth-order valence-corrected chi connectivity index (χ4v) is 3.15. The van der Waals surface area contributed by atoms with Crippen LogP contribution in [-0.2, 0) is 4.74 Å². The van der Waals surface area contributed by atoms with Crippen LogP contribution in [0.5, 0.6) is 0 Å². The highest BCUT2D eigenvalue weighted by atomic mass is 16.6. The van der Waals surface area contributed by atoms with Gasteiger partial charge in [-0.05, 0) is 57.9 Å². The molecule has 1 fully saturated rings. The molecule has 1 N–H and O–H groups in total. The largest absolute Gasteiger partial charge is 0.389 e. The Morgan fingerprint density at radius 2 is 1.95 bits per heavy atom. The van der Waals surface area contributed by atoms with E-state index in [1.165, 1.54) is 11.1 Å². The van der Waals surface area contributed by atoms with E-state index < -0.39 is 0 Å². The predicted molar refractivity (Wildman–Crippen MR) is 92.8 cm³/mol. The molecule has 1 aliphatic heterocycles. The second-order valence-electron chi connectivity index (χ2n) is 7.57. The Morgan fingerprint density at radius 1 is 1.23 bits per heavy atom. The van der Waals surface area contributed by atoms with Crippen molar-refractivity contribution in [3.8, 4) is 0 Å². The molecule has 0 aromatic rings. The minimum atomic E-state index is -0.362. The van der Waals surface area contributed by atoms with E-state index in [0.717, 1.165) is 37.7 Å². The third-order valence-electron chi connectivity index (χ3n) is 5.24. The minimum absolute atomic E-state index is 0.0435. The predicted octanol–water partition coefficient (Wildman–Crippen LogP) is 4.94. The number of aliphatic hydroxyl groups is 1. The van der Waals surface area contributed by atoms with Crippen molar-refractivity contribution < 1.29 is 9.84 Å². The molecule has 0 amide bonds. The molecule has 0 saturated carbocycles. The van der Waals surface area contributed by atoms with Crippen LogP contribution in [-0.4, -0.2) is 22.9 Å². The maximum absolute atomic E-state index is 10.3. The number of fused-ring (bicyclic) bond motifs is 1. The molecule has 0 spiro atoms. The van der Waals surface area contributed by atoms with Crippen LogP contribution in [0.2, 0.25) is 0 Å². The zero-order valence-electron chi connectivity index (χ0n) is 14.9. The average molecular weight is 304 g/mol. The number of rotatable bonds is 1. The lowest BCUT2D eigenvalue weighted by molar-refractivity contribution is 0.184. The van der Waals surface area contributed by atoms with Gasteiger partial charge in [0.1, 0.15) is 0 Å². The third-order valence-corrected chi connectivity index (χ3v) is 5.24. The van der Waals surface area contributed by atoms with E-state index in [-0.39, 0.29) is 17.8 Å². The maximum Gasteiger partial charge on any atom is 0.0924 e. The molecule has 124 valence electrons. The Hall–Kier alpha value is -0.860. The molecule has 2 nitrogen and oxygen atoms in total. The SMILES string of the molecule is C/C1=C\C=C(\C(C)C)CC[C@]2(C)O[C@H]2C[C@H](O)/C(C)=C/CC1. The van der Waals surface area contributed by atoms with Crippen LogP contribution in [0.4, 0.5) is 0 Å². The molecule has 1 saturated heterocycles. The first-order valence-electron chi connectivity index (χ1n) is 8.70. The van der Waals surface area contributed by atoms with Crippen LogP contribution in [0, 0.1) is 5.92 Å². The van der Waals surface area contributed by atoms with Gasteiger partial charge < -0.3 is 9.84 Å². The van der Waals surface area contributed by atoms with Gasteiger partial charge in [0.05, 0.1) is 17.8 Å². The first-order chi connectivity index (χ1) is 10.3. The van der Waals surface area contributed by atoms with E-state index in [4.69, 9.17) is 4.74 Å². The van der Waals surface area contributed by atoms with Gasteiger partial charge in [-0.2, -0.15) is 0 Å². The van der Waals surface area contributed by atoms with Crippen LogP contribution >= 0.6 is 0 Å². The molecule has 2 rings (SSSR count). The molecule has 0 radical (unpaired) electrons. The molecular formula is C20H32O2. The molecule has 3 atom stereocenters. The molecule has 22 heavy (non-hydrogen) atoms. The number of ether oxygens (including phenoxy) is 1. The summed E-state index contributed by atoms with van der Waals surface area (Å²) in [6.45, 7) is 10.9. The monoisotopic (exact) mass is 304 g/mol. The van der Waals surface area contributed by atoms with E-state index in [2.05, 4.69) is 45.9 Å². The minimum Gasteiger partial charge on any atom is -0.389 e. The molecule has 0 aromatic heterocycles. The zero-order chi connectivity index (χ0) is 16.3. The molecular weight excluding hydrogens is 272 g/mol. The average Bonchev–Trinajstić information content (AvgIpc) is 3.07. The van der Waals surface area contributed by atoms with E-state index in [1.54, 1.807) is 0 Å². The first-order valence-corrected chi connectivity index (χ1v) is 8.70. The summed E-state index contributed by atoms with van der Waals surface area (Å²) in [4.78, 5) is 0. The van der Waals surface area contributed by atoms with Crippen molar-refractivity contribution in [3.05, 3.63) is 34.9 Å². The quantitative estimate of drug-likeness (QED) is 0.549. The Labute approximate surface area is 136 Å². The fraction of sp³-hybridized carbons (Fsp3) is 0.700. The molecule has 2 aliphatic rings. The molecule has 1 heterocycles. The highest BCUT2D eigenvalue weighted by molar-refractivity contribution is 5.20. The van der Waals surface area contributed by atoms with Gasteiger partial charge in [-0.15, -0.1) is 0 Å².